The molecule has 1 aliphatic rings. The Bertz CT molecular complexity index is 949. The fourth-order valence-corrected chi connectivity index (χ4v) is 4.44. The smallest absolute Gasteiger partial charge is 0.223 e. The van der Waals surface area contributed by atoms with Crippen LogP contribution < -0.4 is 0 Å². The van der Waals surface area contributed by atoms with Gasteiger partial charge >= 0.3 is 0 Å². The van der Waals surface area contributed by atoms with Gasteiger partial charge in [-0.1, -0.05) is 30.3 Å². The van der Waals surface area contributed by atoms with Gasteiger partial charge in [0.05, 0.1) is 23.3 Å². The van der Waals surface area contributed by atoms with E-state index < -0.39 is 0 Å². The molecule has 4 rings (SSSR count). The third kappa shape index (κ3) is 4.14. The SMILES string of the molecule is Cc1nc(CCC(=O)N2Cc3nnc(CCc4ccccc4)n3[C@@H](C)C2)cs1. The second-order valence-corrected chi connectivity index (χ2v) is 8.43. The van der Waals surface area contributed by atoms with Crippen molar-refractivity contribution in [2.45, 2.75) is 52.1 Å². The maximum absolute atomic E-state index is 12.7. The minimum absolute atomic E-state index is 0.164. The highest BCUT2D eigenvalue weighted by atomic mass is 32.1. The number of rotatable bonds is 6. The van der Waals surface area contributed by atoms with Crippen molar-refractivity contribution in [3.05, 3.63) is 63.6 Å². The molecule has 1 atom stereocenters. The number of carbonyl (C=O) groups excluding carboxylic acids is 1. The van der Waals surface area contributed by atoms with Gasteiger partial charge in [-0.3, -0.25) is 4.79 Å². The number of hydrogen-bond donors (Lipinski definition) is 0. The Balaban J connectivity index is 1.38. The molecular formula is C21H25N5OS. The highest BCUT2D eigenvalue weighted by Crippen LogP contribution is 2.23. The third-order valence-corrected chi connectivity index (χ3v) is 6.01. The second-order valence-electron chi connectivity index (χ2n) is 7.37. The maximum Gasteiger partial charge on any atom is 0.223 e. The van der Waals surface area contributed by atoms with Crippen molar-refractivity contribution >= 4 is 17.2 Å². The summed E-state index contributed by atoms with van der Waals surface area (Å²) in [6.07, 6.45) is 2.99. The van der Waals surface area contributed by atoms with Crippen molar-refractivity contribution < 1.29 is 4.79 Å². The molecule has 2 aromatic heterocycles. The molecule has 0 aliphatic carbocycles. The van der Waals surface area contributed by atoms with Gasteiger partial charge in [0, 0.05) is 24.8 Å². The van der Waals surface area contributed by atoms with Gasteiger partial charge in [0.1, 0.15) is 5.82 Å². The molecule has 3 aromatic rings. The molecule has 3 heterocycles. The van der Waals surface area contributed by atoms with E-state index in [4.69, 9.17) is 0 Å². The minimum atomic E-state index is 0.164. The summed E-state index contributed by atoms with van der Waals surface area (Å²) in [5.74, 6) is 2.06. The van der Waals surface area contributed by atoms with E-state index in [1.165, 1.54) is 5.56 Å². The van der Waals surface area contributed by atoms with Crippen LogP contribution in [0.2, 0.25) is 0 Å². The van der Waals surface area contributed by atoms with Crippen LogP contribution in [0.25, 0.3) is 0 Å². The summed E-state index contributed by atoms with van der Waals surface area (Å²) in [5, 5.41) is 11.9. The highest BCUT2D eigenvalue weighted by molar-refractivity contribution is 7.09. The summed E-state index contributed by atoms with van der Waals surface area (Å²) in [7, 11) is 0. The number of fused-ring (bicyclic) bond motifs is 1. The average molecular weight is 396 g/mol. The lowest BCUT2D eigenvalue weighted by atomic mass is 10.1. The first kappa shape index (κ1) is 18.8. The Kier molecular flexibility index (Phi) is 5.52. The molecule has 0 N–H and O–H groups in total. The monoisotopic (exact) mass is 395 g/mol. The molecule has 0 saturated heterocycles. The molecule has 6 nitrogen and oxygen atoms in total. The van der Waals surface area contributed by atoms with Crippen molar-refractivity contribution in [3.8, 4) is 0 Å². The highest BCUT2D eigenvalue weighted by Gasteiger charge is 2.28. The van der Waals surface area contributed by atoms with E-state index in [0.717, 1.165) is 35.2 Å². The standard InChI is InChI=1S/C21H25N5OS/c1-15-12-25(21(27)11-9-18-14-28-16(2)22-18)13-20-24-23-19(26(15)20)10-8-17-6-4-3-5-7-17/h3-7,14-15H,8-13H2,1-2H3/t15-/m0/s1. The minimum Gasteiger partial charge on any atom is -0.333 e. The van der Waals surface area contributed by atoms with Crippen LogP contribution in [0, 0.1) is 6.92 Å². The summed E-state index contributed by atoms with van der Waals surface area (Å²) in [6, 6.07) is 10.6. The number of benzene rings is 1. The summed E-state index contributed by atoms with van der Waals surface area (Å²) in [5.41, 5.74) is 2.31. The van der Waals surface area contributed by atoms with E-state index in [-0.39, 0.29) is 11.9 Å². The van der Waals surface area contributed by atoms with Crippen molar-refractivity contribution in [3.63, 3.8) is 0 Å². The van der Waals surface area contributed by atoms with Crippen LogP contribution in [-0.4, -0.2) is 37.1 Å². The molecule has 1 aromatic carbocycles. The molecular weight excluding hydrogens is 370 g/mol. The van der Waals surface area contributed by atoms with Gasteiger partial charge in [-0.2, -0.15) is 0 Å². The Morgan fingerprint density at radius 1 is 1.18 bits per heavy atom. The Morgan fingerprint density at radius 3 is 2.75 bits per heavy atom. The van der Waals surface area contributed by atoms with Gasteiger partial charge in [-0.25, -0.2) is 4.98 Å². The van der Waals surface area contributed by atoms with Gasteiger partial charge in [-0.05, 0) is 32.3 Å². The van der Waals surface area contributed by atoms with Crippen LogP contribution in [0.5, 0.6) is 0 Å². The van der Waals surface area contributed by atoms with E-state index in [1.54, 1.807) is 11.3 Å². The zero-order chi connectivity index (χ0) is 19.5. The topological polar surface area (TPSA) is 63.9 Å². The first-order valence-corrected chi connectivity index (χ1v) is 10.6. The third-order valence-electron chi connectivity index (χ3n) is 5.19. The number of carbonyl (C=O) groups is 1. The van der Waals surface area contributed by atoms with Gasteiger partial charge in [-0.15, -0.1) is 21.5 Å². The predicted molar refractivity (Wildman–Crippen MR) is 109 cm³/mol. The number of aromatic nitrogens is 4. The Morgan fingerprint density at radius 2 is 2.00 bits per heavy atom. The van der Waals surface area contributed by atoms with Crippen LogP contribution in [0.3, 0.4) is 0 Å². The maximum atomic E-state index is 12.7. The number of nitrogens with zero attached hydrogens (tertiary/aromatic N) is 5. The van der Waals surface area contributed by atoms with E-state index >= 15 is 0 Å². The first-order valence-electron chi connectivity index (χ1n) is 9.75. The van der Waals surface area contributed by atoms with Gasteiger partial charge < -0.3 is 9.47 Å². The number of aryl methyl sites for hydroxylation is 4. The fraction of sp³-hybridized carbons (Fsp3) is 0.429. The van der Waals surface area contributed by atoms with Gasteiger partial charge in [0.25, 0.3) is 0 Å². The zero-order valence-corrected chi connectivity index (χ0v) is 17.2. The van der Waals surface area contributed by atoms with Crippen molar-refractivity contribution in [2.75, 3.05) is 6.54 Å². The van der Waals surface area contributed by atoms with Crippen LogP contribution in [-0.2, 0) is 30.6 Å². The molecule has 0 radical (unpaired) electrons. The average Bonchev–Trinajstić information content (AvgIpc) is 3.31. The van der Waals surface area contributed by atoms with Gasteiger partial charge in [0.2, 0.25) is 5.91 Å². The molecule has 0 spiro atoms. The normalized spacial score (nSPS) is 16.2. The molecule has 0 bridgehead atoms. The molecule has 146 valence electrons. The van der Waals surface area contributed by atoms with E-state index in [1.807, 2.05) is 23.3 Å². The van der Waals surface area contributed by atoms with Crippen molar-refractivity contribution in [1.29, 1.82) is 0 Å². The van der Waals surface area contributed by atoms with Crippen molar-refractivity contribution in [2.24, 2.45) is 0 Å². The lowest BCUT2D eigenvalue weighted by Crippen LogP contribution is -2.41. The molecule has 28 heavy (non-hydrogen) atoms. The Labute approximate surface area is 169 Å². The number of thiazole rings is 1. The first-order chi connectivity index (χ1) is 13.6. The lowest BCUT2D eigenvalue weighted by Gasteiger charge is -2.32. The molecule has 1 aliphatic heterocycles. The summed E-state index contributed by atoms with van der Waals surface area (Å²) in [6.45, 7) is 5.38. The predicted octanol–water partition coefficient (Wildman–Crippen LogP) is 3.36. The Hall–Kier alpha value is -2.54. The fourth-order valence-electron chi connectivity index (χ4n) is 3.79. The van der Waals surface area contributed by atoms with E-state index in [0.29, 0.717) is 25.9 Å². The lowest BCUT2D eigenvalue weighted by molar-refractivity contribution is -0.133. The number of hydrogen-bond acceptors (Lipinski definition) is 5. The molecule has 0 fully saturated rings. The second kappa shape index (κ2) is 8.22. The van der Waals surface area contributed by atoms with Crippen LogP contribution >= 0.6 is 11.3 Å². The zero-order valence-electron chi connectivity index (χ0n) is 16.3. The quantitative estimate of drug-likeness (QED) is 0.642. The number of amides is 1. The molecule has 0 saturated carbocycles. The molecule has 1 amide bonds. The van der Waals surface area contributed by atoms with E-state index in [2.05, 4.69) is 50.9 Å². The van der Waals surface area contributed by atoms with Crippen LogP contribution in [0.15, 0.2) is 35.7 Å². The van der Waals surface area contributed by atoms with Crippen LogP contribution in [0.1, 0.15) is 47.3 Å². The van der Waals surface area contributed by atoms with E-state index in [9.17, 15) is 4.79 Å². The summed E-state index contributed by atoms with van der Waals surface area (Å²) < 4.78 is 2.22. The summed E-state index contributed by atoms with van der Waals surface area (Å²) in [4.78, 5) is 19.1. The summed E-state index contributed by atoms with van der Waals surface area (Å²) >= 11 is 1.63. The van der Waals surface area contributed by atoms with Gasteiger partial charge in [0.15, 0.2) is 5.82 Å². The molecule has 7 heteroatoms. The largest absolute Gasteiger partial charge is 0.333 e. The van der Waals surface area contributed by atoms with Crippen molar-refractivity contribution in [1.82, 2.24) is 24.6 Å². The van der Waals surface area contributed by atoms with Crippen LogP contribution in [0.4, 0.5) is 0 Å². The molecule has 0 unspecified atom stereocenters.